The number of nitrogens with zero attached hydrogens (tertiary/aromatic N) is 4. The average molecular weight is 545 g/mol. The summed E-state index contributed by atoms with van der Waals surface area (Å²) in [5, 5.41) is 18.3. The molecule has 0 aliphatic rings. The third-order valence-electron chi connectivity index (χ3n) is 5.54. The summed E-state index contributed by atoms with van der Waals surface area (Å²) in [7, 11) is 2.64. The van der Waals surface area contributed by atoms with Crippen molar-refractivity contribution in [2.75, 3.05) is 19.1 Å². The molecular weight excluding hydrogens is 529 g/mol. The number of halogens is 4. The summed E-state index contributed by atoms with van der Waals surface area (Å²) in [4.78, 5) is 33.3. The fourth-order valence-corrected chi connectivity index (χ4v) is 4.11. The molecule has 1 amide bonds. The summed E-state index contributed by atoms with van der Waals surface area (Å²) in [6, 6.07) is 9.76. The predicted octanol–water partition coefficient (Wildman–Crippen LogP) is 5.35. The number of methoxy groups -OCH3 is 1. The number of carboxylic acid groups (broad SMARTS) is 1. The van der Waals surface area contributed by atoms with E-state index in [2.05, 4.69) is 9.97 Å². The third kappa shape index (κ3) is 4.83. The van der Waals surface area contributed by atoms with Gasteiger partial charge in [-0.15, -0.1) is 0 Å². The SMILES string of the molecule is COc1cc(Cl)c(-c2c(C#N)ccnc2C(F)(F)F)cc1C(=O)N(C)c1cccc2nc(CC(=O)O)oc12. The highest BCUT2D eigenvalue weighted by molar-refractivity contribution is 6.34. The lowest BCUT2D eigenvalue weighted by Crippen LogP contribution is -2.27. The van der Waals surface area contributed by atoms with Crippen molar-refractivity contribution in [1.82, 2.24) is 9.97 Å². The van der Waals surface area contributed by atoms with Crippen LogP contribution in [0.4, 0.5) is 18.9 Å². The Morgan fingerprint density at radius 3 is 2.63 bits per heavy atom. The molecule has 0 aliphatic heterocycles. The van der Waals surface area contributed by atoms with Gasteiger partial charge in [0, 0.05) is 30.4 Å². The van der Waals surface area contributed by atoms with Crippen LogP contribution < -0.4 is 9.64 Å². The summed E-state index contributed by atoms with van der Waals surface area (Å²) in [5.74, 6) is -2.00. The van der Waals surface area contributed by atoms with Gasteiger partial charge >= 0.3 is 12.1 Å². The lowest BCUT2D eigenvalue weighted by atomic mass is 9.96. The minimum atomic E-state index is -4.91. The van der Waals surface area contributed by atoms with E-state index in [1.165, 1.54) is 26.3 Å². The molecule has 0 aliphatic carbocycles. The third-order valence-corrected chi connectivity index (χ3v) is 5.85. The van der Waals surface area contributed by atoms with Crippen LogP contribution in [-0.2, 0) is 17.4 Å². The number of benzene rings is 2. The van der Waals surface area contributed by atoms with Gasteiger partial charge in [-0.3, -0.25) is 14.6 Å². The highest BCUT2D eigenvalue weighted by Gasteiger charge is 2.38. The Morgan fingerprint density at radius 1 is 1.26 bits per heavy atom. The fraction of sp³-hybridized carbons (Fsp3) is 0.160. The van der Waals surface area contributed by atoms with Crippen molar-refractivity contribution in [3.05, 3.63) is 70.3 Å². The van der Waals surface area contributed by atoms with Gasteiger partial charge in [0.2, 0.25) is 5.89 Å². The highest BCUT2D eigenvalue weighted by Crippen LogP contribution is 2.42. The van der Waals surface area contributed by atoms with Crippen LogP contribution in [0, 0.1) is 11.3 Å². The number of rotatable bonds is 6. The summed E-state index contributed by atoms with van der Waals surface area (Å²) in [6.07, 6.45) is -4.53. The Kier molecular flexibility index (Phi) is 6.97. The number of aliphatic carboxylic acids is 1. The van der Waals surface area contributed by atoms with E-state index in [1.54, 1.807) is 18.2 Å². The molecule has 0 unspecified atom stereocenters. The van der Waals surface area contributed by atoms with Crippen molar-refractivity contribution in [3.8, 4) is 22.9 Å². The van der Waals surface area contributed by atoms with E-state index in [4.69, 9.17) is 25.9 Å². The number of nitriles is 1. The zero-order chi connectivity index (χ0) is 27.8. The molecule has 2 heterocycles. The van der Waals surface area contributed by atoms with Gasteiger partial charge in [-0.1, -0.05) is 17.7 Å². The standard InChI is InChI=1S/C25H16ClF3N4O5/c1-33(17-5-3-4-16-22(17)38-19(32-16)10-20(34)35)24(36)14-8-13(15(26)9-18(14)37-2)21-12(11-30)6-7-31-23(21)25(27,28)29/h3-9H,10H2,1-2H3,(H,34,35). The second-order valence-electron chi connectivity index (χ2n) is 7.89. The first-order valence-electron chi connectivity index (χ1n) is 10.7. The van der Waals surface area contributed by atoms with Crippen LogP contribution in [0.15, 0.2) is 47.0 Å². The average Bonchev–Trinajstić information content (AvgIpc) is 3.28. The highest BCUT2D eigenvalue weighted by atomic mass is 35.5. The van der Waals surface area contributed by atoms with Crippen LogP contribution in [0.1, 0.15) is 27.5 Å². The van der Waals surface area contributed by atoms with Crippen molar-refractivity contribution in [2.24, 2.45) is 0 Å². The van der Waals surface area contributed by atoms with E-state index in [0.29, 0.717) is 5.52 Å². The molecule has 0 saturated carbocycles. The van der Waals surface area contributed by atoms with Gasteiger partial charge in [-0.05, 0) is 24.3 Å². The molecule has 13 heteroatoms. The zero-order valence-corrected chi connectivity index (χ0v) is 20.4. The molecule has 4 aromatic rings. The van der Waals surface area contributed by atoms with Gasteiger partial charge in [-0.2, -0.15) is 18.4 Å². The van der Waals surface area contributed by atoms with Crippen molar-refractivity contribution < 1.29 is 37.0 Å². The maximum absolute atomic E-state index is 13.8. The zero-order valence-electron chi connectivity index (χ0n) is 19.6. The van der Waals surface area contributed by atoms with Crippen LogP contribution in [0.3, 0.4) is 0 Å². The summed E-state index contributed by atoms with van der Waals surface area (Å²) in [5.41, 5.74) is -2.04. The van der Waals surface area contributed by atoms with Crippen molar-refractivity contribution in [1.29, 1.82) is 5.26 Å². The van der Waals surface area contributed by atoms with E-state index >= 15 is 0 Å². The van der Waals surface area contributed by atoms with Gasteiger partial charge in [0.05, 0.1) is 35.0 Å². The Morgan fingerprint density at radius 2 is 2.00 bits per heavy atom. The number of alkyl halides is 3. The minimum Gasteiger partial charge on any atom is -0.496 e. The number of aromatic nitrogens is 2. The Balaban J connectivity index is 1.87. The van der Waals surface area contributed by atoms with Crippen LogP contribution in [0.25, 0.3) is 22.2 Å². The molecule has 38 heavy (non-hydrogen) atoms. The number of carboxylic acids is 1. The molecule has 0 saturated heterocycles. The molecule has 1 N–H and O–H groups in total. The molecule has 0 bridgehead atoms. The molecule has 0 spiro atoms. The number of para-hydroxylation sites is 1. The van der Waals surface area contributed by atoms with Crippen molar-refractivity contribution in [3.63, 3.8) is 0 Å². The largest absolute Gasteiger partial charge is 0.496 e. The van der Waals surface area contributed by atoms with Gasteiger partial charge in [-0.25, -0.2) is 4.98 Å². The molecule has 0 atom stereocenters. The maximum atomic E-state index is 13.8. The monoisotopic (exact) mass is 544 g/mol. The van der Waals surface area contributed by atoms with Gasteiger partial charge in [0.25, 0.3) is 5.91 Å². The molecule has 2 aromatic carbocycles. The first-order chi connectivity index (χ1) is 18.0. The van der Waals surface area contributed by atoms with Gasteiger partial charge in [0.1, 0.15) is 17.7 Å². The number of anilines is 1. The predicted molar refractivity (Wildman–Crippen MR) is 129 cm³/mol. The number of amides is 1. The minimum absolute atomic E-state index is 0.0390. The van der Waals surface area contributed by atoms with E-state index < -0.39 is 35.7 Å². The number of hydrogen-bond donors (Lipinski definition) is 1. The number of carbonyl (C=O) groups is 2. The van der Waals surface area contributed by atoms with E-state index in [1.807, 2.05) is 0 Å². The van der Waals surface area contributed by atoms with Crippen LogP contribution in [0.2, 0.25) is 5.02 Å². The molecule has 194 valence electrons. The number of carbonyl (C=O) groups excluding carboxylic acids is 1. The quantitative estimate of drug-likeness (QED) is 0.344. The topological polar surface area (TPSA) is 130 Å². The number of oxazole rings is 1. The lowest BCUT2D eigenvalue weighted by Gasteiger charge is -2.21. The van der Waals surface area contributed by atoms with Crippen LogP contribution in [0.5, 0.6) is 5.75 Å². The van der Waals surface area contributed by atoms with E-state index in [-0.39, 0.29) is 44.6 Å². The normalized spacial score (nSPS) is 11.3. The molecular formula is C25H16ClF3N4O5. The van der Waals surface area contributed by atoms with E-state index in [9.17, 15) is 28.0 Å². The second kappa shape index (κ2) is 10.0. The molecule has 9 nitrogen and oxygen atoms in total. The number of pyridine rings is 1. The molecule has 0 radical (unpaired) electrons. The van der Waals surface area contributed by atoms with Gasteiger partial charge < -0.3 is 19.2 Å². The number of hydrogen-bond acceptors (Lipinski definition) is 7. The fourth-order valence-electron chi connectivity index (χ4n) is 3.86. The smallest absolute Gasteiger partial charge is 0.434 e. The van der Waals surface area contributed by atoms with Crippen LogP contribution in [-0.4, -0.2) is 41.1 Å². The first kappa shape index (κ1) is 26.4. The Hall–Kier alpha value is -4.63. The van der Waals surface area contributed by atoms with Crippen molar-refractivity contribution in [2.45, 2.75) is 12.6 Å². The van der Waals surface area contributed by atoms with Gasteiger partial charge in [0.15, 0.2) is 11.3 Å². The lowest BCUT2D eigenvalue weighted by molar-refractivity contribution is -0.140. The second-order valence-corrected chi connectivity index (χ2v) is 8.30. The molecule has 0 fully saturated rings. The molecule has 4 rings (SSSR count). The number of ether oxygens (including phenoxy) is 1. The number of fused-ring (bicyclic) bond motifs is 1. The van der Waals surface area contributed by atoms with E-state index in [0.717, 1.165) is 23.2 Å². The Bertz CT molecular complexity index is 1630. The molecule has 2 aromatic heterocycles. The Labute approximate surface area is 217 Å². The first-order valence-corrected chi connectivity index (χ1v) is 11.1. The summed E-state index contributed by atoms with van der Waals surface area (Å²) in [6.45, 7) is 0. The maximum Gasteiger partial charge on any atom is 0.434 e. The van der Waals surface area contributed by atoms with Crippen LogP contribution >= 0.6 is 11.6 Å². The summed E-state index contributed by atoms with van der Waals surface area (Å²) < 4.78 is 52.2. The van der Waals surface area contributed by atoms with Crippen molar-refractivity contribution >= 4 is 40.3 Å². The summed E-state index contributed by atoms with van der Waals surface area (Å²) >= 11 is 6.31.